The van der Waals surface area contributed by atoms with Crippen molar-refractivity contribution in [2.45, 2.75) is 6.92 Å². The van der Waals surface area contributed by atoms with Crippen molar-refractivity contribution >= 4 is 17.3 Å². The van der Waals surface area contributed by atoms with E-state index in [1.54, 1.807) is 30.6 Å². The number of aryl methyl sites for hydroxylation is 1. The molecular weight excluding hydrogens is 276 g/mol. The zero-order valence-corrected chi connectivity index (χ0v) is 11.4. The molecule has 0 spiro atoms. The number of halogens is 1. The molecule has 0 bridgehead atoms. The Hall–Kier alpha value is -2.40. The highest BCUT2D eigenvalue weighted by Crippen LogP contribution is 2.31. The van der Waals surface area contributed by atoms with Gasteiger partial charge in [-0.05, 0) is 30.7 Å². The summed E-state index contributed by atoms with van der Waals surface area (Å²) in [7, 11) is 0. The van der Waals surface area contributed by atoms with Crippen LogP contribution in [-0.2, 0) is 0 Å². The number of pyridine rings is 1. The van der Waals surface area contributed by atoms with E-state index in [9.17, 15) is 0 Å². The Kier molecular flexibility index (Phi) is 3.12. The zero-order valence-electron chi connectivity index (χ0n) is 10.7. The second kappa shape index (κ2) is 4.94. The molecule has 3 aromatic rings. The van der Waals surface area contributed by atoms with Crippen LogP contribution in [0.15, 0.2) is 41.2 Å². The minimum atomic E-state index is 0.336. The number of benzene rings is 1. The quantitative estimate of drug-likeness (QED) is 0.731. The molecular formula is C14H11ClN4O. The van der Waals surface area contributed by atoms with Crippen LogP contribution in [0.3, 0.4) is 0 Å². The van der Waals surface area contributed by atoms with Gasteiger partial charge in [-0.1, -0.05) is 22.8 Å². The smallest absolute Gasteiger partial charge is 0.260 e. The number of nitrogens with zero attached hydrogens (tertiary/aromatic N) is 3. The number of nitrogen functional groups attached to an aromatic ring is 1. The summed E-state index contributed by atoms with van der Waals surface area (Å²) in [5, 5.41) is 4.43. The summed E-state index contributed by atoms with van der Waals surface area (Å²) >= 11 is 5.99. The van der Waals surface area contributed by atoms with E-state index in [2.05, 4.69) is 15.1 Å². The summed E-state index contributed by atoms with van der Waals surface area (Å²) in [6.45, 7) is 1.96. The van der Waals surface area contributed by atoms with E-state index in [1.807, 2.05) is 13.0 Å². The number of anilines is 1. The lowest BCUT2D eigenvalue weighted by molar-refractivity contribution is 0.432. The molecule has 2 N–H and O–H groups in total. The van der Waals surface area contributed by atoms with Crippen LogP contribution in [0, 0.1) is 6.92 Å². The molecule has 0 saturated heterocycles. The summed E-state index contributed by atoms with van der Waals surface area (Å²) in [4.78, 5) is 8.43. The molecule has 0 amide bonds. The largest absolute Gasteiger partial charge is 0.397 e. The van der Waals surface area contributed by atoms with Crippen LogP contribution in [0.25, 0.3) is 22.8 Å². The first-order valence-electron chi connectivity index (χ1n) is 5.96. The van der Waals surface area contributed by atoms with Crippen LogP contribution in [0.5, 0.6) is 0 Å². The van der Waals surface area contributed by atoms with Gasteiger partial charge < -0.3 is 10.3 Å². The van der Waals surface area contributed by atoms with Gasteiger partial charge >= 0.3 is 0 Å². The third-order valence-corrected chi connectivity index (χ3v) is 3.32. The predicted octanol–water partition coefficient (Wildman–Crippen LogP) is 3.34. The SMILES string of the molecule is Cc1ccncc1-c1noc(-c2cccc(Cl)c2N)n1. The molecule has 5 nitrogen and oxygen atoms in total. The first kappa shape index (κ1) is 12.6. The topological polar surface area (TPSA) is 77.8 Å². The van der Waals surface area contributed by atoms with Crippen LogP contribution in [0.1, 0.15) is 5.56 Å². The molecule has 0 aliphatic heterocycles. The highest BCUT2D eigenvalue weighted by Gasteiger charge is 2.15. The van der Waals surface area contributed by atoms with Crippen molar-refractivity contribution in [1.82, 2.24) is 15.1 Å². The number of aromatic nitrogens is 3. The first-order chi connectivity index (χ1) is 9.66. The molecule has 0 unspecified atom stereocenters. The summed E-state index contributed by atoms with van der Waals surface area (Å²) in [5.74, 6) is 0.813. The van der Waals surface area contributed by atoms with Gasteiger partial charge in [0.15, 0.2) is 0 Å². The van der Waals surface area contributed by atoms with E-state index in [1.165, 1.54) is 0 Å². The fourth-order valence-corrected chi connectivity index (χ4v) is 2.04. The van der Waals surface area contributed by atoms with Gasteiger partial charge in [-0.2, -0.15) is 4.98 Å². The Morgan fingerprint density at radius 2 is 2.05 bits per heavy atom. The number of nitrogens with two attached hydrogens (primary N) is 1. The van der Waals surface area contributed by atoms with Crippen molar-refractivity contribution in [3.8, 4) is 22.8 Å². The fourth-order valence-electron chi connectivity index (χ4n) is 1.86. The number of hydrogen-bond donors (Lipinski definition) is 1. The van der Waals surface area contributed by atoms with Crippen molar-refractivity contribution in [3.05, 3.63) is 47.2 Å². The van der Waals surface area contributed by atoms with E-state index in [0.29, 0.717) is 28.0 Å². The lowest BCUT2D eigenvalue weighted by Gasteiger charge is -2.01. The predicted molar refractivity (Wildman–Crippen MR) is 77.1 cm³/mol. The maximum Gasteiger partial charge on any atom is 0.260 e. The molecule has 0 fully saturated rings. The summed E-state index contributed by atoms with van der Waals surface area (Å²) in [5.41, 5.74) is 8.81. The molecule has 2 aromatic heterocycles. The third-order valence-electron chi connectivity index (χ3n) is 2.99. The van der Waals surface area contributed by atoms with Crippen molar-refractivity contribution in [2.24, 2.45) is 0 Å². The fraction of sp³-hybridized carbons (Fsp3) is 0.0714. The number of rotatable bonds is 2. The van der Waals surface area contributed by atoms with E-state index in [4.69, 9.17) is 21.9 Å². The maximum atomic E-state index is 5.99. The monoisotopic (exact) mass is 286 g/mol. The second-order valence-electron chi connectivity index (χ2n) is 4.31. The summed E-state index contributed by atoms with van der Waals surface area (Å²) in [6.07, 6.45) is 3.42. The molecule has 3 rings (SSSR count). The summed E-state index contributed by atoms with van der Waals surface area (Å²) in [6, 6.07) is 7.17. The number of para-hydroxylation sites is 1. The van der Waals surface area contributed by atoms with Gasteiger partial charge in [-0.15, -0.1) is 0 Å². The van der Waals surface area contributed by atoms with Gasteiger partial charge in [0.05, 0.1) is 16.3 Å². The Bertz CT molecular complexity index is 769. The van der Waals surface area contributed by atoms with Gasteiger partial charge in [0.2, 0.25) is 5.82 Å². The van der Waals surface area contributed by atoms with Crippen LogP contribution in [-0.4, -0.2) is 15.1 Å². The maximum absolute atomic E-state index is 5.99. The molecule has 1 aromatic carbocycles. The highest BCUT2D eigenvalue weighted by molar-refractivity contribution is 6.33. The Morgan fingerprint density at radius 3 is 2.85 bits per heavy atom. The van der Waals surface area contributed by atoms with Crippen molar-refractivity contribution in [2.75, 3.05) is 5.73 Å². The Morgan fingerprint density at radius 1 is 1.20 bits per heavy atom. The second-order valence-corrected chi connectivity index (χ2v) is 4.72. The summed E-state index contributed by atoms with van der Waals surface area (Å²) < 4.78 is 5.27. The molecule has 0 saturated carbocycles. The van der Waals surface area contributed by atoms with Crippen molar-refractivity contribution in [3.63, 3.8) is 0 Å². The number of hydrogen-bond acceptors (Lipinski definition) is 5. The molecule has 0 aliphatic carbocycles. The minimum Gasteiger partial charge on any atom is -0.397 e. The lowest BCUT2D eigenvalue weighted by atomic mass is 10.1. The zero-order chi connectivity index (χ0) is 14.1. The molecule has 0 radical (unpaired) electrons. The van der Waals surface area contributed by atoms with Gasteiger partial charge in [-0.25, -0.2) is 0 Å². The van der Waals surface area contributed by atoms with E-state index in [0.717, 1.165) is 11.1 Å². The minimum absolute atomic E-state index is 0.336. The Labute approximate surface area is 120 Å². The standard InChI is InChI=1S/C14H11ClN4O/c1-8-5-6-17-7-10(8)13-18-14(20-19-13)9-3-2-4-11(15)12(9)16/h2-7H,16H2,1H3. The van der Waals surface area contributed by atoms with E-state index >= 15 is 0 Å². The first-order valence-corrected chi connectivity index (χ1v) is 6.33. The van der Waals surface area contributed by atoms with Gasteiger partial charge in [0.1, 0.15) is 0 Å². The van der Waals surface area contributed by atoms with Gasteiger partial charge in [0, 0.05) is 18.0 Å². The van der Waals surface area contributed by atoms with Crippen LogP contribution in [0.4, 0.5) is 5.69 Å². The highest BCUT2D eigenvalue weighted by atomic mass is 35.5. The van der Waals surface area contributed by atoms with Gasteiger partial charge in [0.25, 0.3) is 5.89 Å². The van der Waals surface area contributed by atoms with Crippen molar-refractivity contribution < 1.29 is 4.52 Å². The molecule has 0 aliphatic rings. The molecule has 2 heterocycles. The molecule has 6 heteroatoms. The molecule has 20 heavy (non-hydrogen) atoms. The van der Waals surface area contributed by atoms with Crippen LogP contribution < -0.4 is 5.73 Å². The van der Waals surface area contributed by atoms with E-state index < -0.39 is 0 Å². The molecule has 100 valence electrons. The Balaban J connectivity index is 2.07. The average Bonchev–Trinajstić information content (AvgIpc) is 2.92. The van der Waals surface area contributed by atoms with Crippen LogP contribution in [0.2, 0.25) is 5.02 Å². The third kappa shape index (κ3) is 2.12. The van der Waals surface area contributed by atoms with E-state index in [-0.39, 0.29) is 0 Å². The average molecular weight is 287 g/mol. The lowest BCUT2D eigenvalue weighted by Crippen LogP contribution is -1.91. The molecule has 0 atom stereocenters. The normalized spacial score (nSPS) is 10.7. The van der Waals surface area contributed by atoms with Crippen molar-refractivity contribution in [1.29, 1.82) is 0 Å². The van der Waals surface area contributed by atoms with Crippen LogP contribution >= 0.6 is 11.6 Å². The van der Waals surface area contributed by atoms with Gasteiger partial charge in [-0.3, -0.25) is 4.98 Å².